The number of cyclic esters (lactones) is 1. The molecule has 1 saturated carbocycles. The highest BCUT2D eigenvalue weighted by atomic mass is 16.5. The molecule has 2 fully saturated rings. The number of nitrogens with one attached hydrogen (secondary N) is 2. The number of rotatable bonds is 3. The predicted molar refractivity (Wildman–Crippen MR) is 159 cm³/mol. The van der Waals surface area contributed by atoms with Crippen molar-refractivity contribution in [3.63, 3.8) is 0 Å². The molecule has 43 heavy (non-hydrogen) atoms. The van der Waals surface area contributed by atoms with Gasteiger partial charge in [-0.3, -0.25) is 9.59 Å². The summed E-state index contributed by atoms with van der Waals surface area (Å²) in [6.07, 6.45) is 5.85. The number of aromatic amines is 1. The second-order valence-corrected chi connectivity index (χ2v) is 12.8. The van der Waals surface area contributed by atoms with Gasteiger partial charge in [0.2, 0.25) is 5.91 Å². The number of pyridine rings is 1. The quantitative estimate of drug-likeness (QED) is 0.505. The van der Waals surface area contributed by atoms with E-state index in [0.29, 0.717) is 28.8 Å². The van der Waals surface area contributed by atoms with Gasteiger partial charge in [-0.05, 0) is 55.1 Å². The molecule has 1 aliphatic carbocycles. The summed E-state index contributed by atoms with van der Waals surface area (Å²) in [6.45, 7) is 4.38. The van der Waals surface area contributed by atoms with Crippen LogP contribution in [-0.4, -0.2) is 73.4 Å². The van der Waals surface area contributed by atoms with E-state index >= 15 is 0 Å². The molecular weight excluding hydrogens is 554 g/mol. The van der Waals surface area contributed by atoms with Crippen molar-refractivity contribution in [2.45, 2.75) is 89.8 Å². The number of nitrogens with zero attached hydrogens (tertiary/aromatic N) is 1. The largest absolute Gasteiger partial charge is 0.496 e. The maximum absolute atomic E-state index is 14.2. The second-order valence-electron chi connectivity index (χ2n) is 12.8. The predicted octanol–water partition coefficient (Wildman–Crippen LogP) is 4.10. The summed E-state index contributed by atoms with van der Waals surface area (Å²) < 4.78 is 22.8. The van der Waals surface area contributed by atoms with Gasteiger partial charge in [0, 0.05) is 23.9 Å². The van der Waals surface area contributed by atoms with Gasteiger partial charge >= 0.3 is 12.1 Å². The Morgan fingerprint density at radius 1 is 1.05 bits per heavy atom. The first kappa shape index (κ1) is 30.7. The number of esters is 1. The van der Waals surface area contributed by atoms with Crippen LogP contribution in [0.25, 0.3) is 10.9 Å². The molecule has 3 heterocycles. The molecule has 3 atom stereocenters. The van der Waals surface area contributed by atoms with Crippen LogP contribution in [0.3, 0.4) is 0 Å². The van der Waals surface area contributed by atoms with E-state index in [1.165, 1.54) is 18.1 Å². The summed E-state index contributed by atoms with van der Waals surface area (Å²) in [7, 11) is 2.88. The Labute approximate surface area is 251 Å². The summed E-state index contributed by atoms with van der Waals surface area (Å²) in [5.74, 6) is 0.0434. The van der Waals surface area contributed by atoms with Gasteiger partial charge in [-0.15, -0.1) is 0 Å². The Bertz CT molecular complexity index is 1410. The van der Waals surface area contributed by atoms with E-state index < -0.39 is 30.3 Å². The lowest BCUT2D eigenvalue weighted by Gasteiger charge is -2.34. The fourth-order valence-corrected chi connectivity index (χ4v) is 6.73. The van der Waals surface area contributed by atoms with Crippen LogP contribution in [-0.2, 0) is 25.5 Å². The van der Waals surface area contributed by atoms with Crippen molar-refractivity contribution in [2.75, 3.05) is 27.4 Å². The van der Waals surface area contributed by atoms with E-state index in [9.17, 15) is 19.2 Å². The van der Waals surface area contributed by atoms with Gasteiger partial charge < -0.3 is 34.1 Å². The van der Waals surface area contributed by atoms with E-state index in [2.05, 4.69) is 10.3 Å². The number of H-pyrrole nitrogens is 1. The lowest BCUT2D eigenvalue weighted by molar-refractivity contribution is -0.152. The van der Waals surface area contributed by atoms with Crippen LogP contribution in [0, 0.1) is 11.3 Å². The van der Waals surface area contributed by atoms with Crippen LogP contribution in [0.2, 0.25) is 0 Å². The minimum absolute atomic E-state index is 0.0734. The third kappa shape index (κ3) is 6.91. The van der Waals surface area contributed by atoms with Gasteiger partial charge in [-0.1, -0.05) is 33.1 Å². The molecule has 11 heteroatoms. The first-order valence-electron chi connectivity index (χ1n) is 15.3. The van der Waals surface area contributed by atoms with Crippen LogP contribution in [0.5, 0.6) is 11.5 Å². The van der Waals surface area contributed by atoms with E-state index in [1.54, 1.807) is 13.2 Å². The maximum atomic E-state index is 14.2. The summed E-state index contributed by atoms with van der Waals surface area (Å²) in [5, 5.41) is 3.59. The van der Waals surface area contributed by atoms with Gasteiger partial charge in [0.1, 0.15) is 29.7 Å². The Balaban J connectivity index is 1.55. The molecule has 1 aromatic heterocycles. The number of hydrogen-bond acceptors (Lipinski definition) is 8. The number of alkyl carbamates (subject to hydrolysis) is 1. The normalized spacial score (nSPS) is 25.3. The third-order valence-corrected chi connectivity index (χ3v) is 9.07. The summed E-state index contributed by atoms with van der Waals surface area (Å²) >= 11 is 0. The molecule has 0 radical (unpaired) electrons. The first-order chi connectivity index (χ1) is 20.6. The third-order valence-electron chi connectivity index (χ3n) is 9.07. The zero-order chi connectivity index (χ0) is 30.7. The number of aryl methyl sites for hydroxylation is 1. The van der Waals surface area contributed by atoms with Crippen molar-refractivity contribution in [1.29, 1.82) is 0 Å². The number of amides is 2. The van der Waals surface area contributed by atoms with Crippen LogP contribution >= 0.6 is 0 Å². The molecule has 0 spiro atoms. The van der Waals surface area contributed by atoms with Crippen molar-refractivity contribution >= 4 is 28.9 Å². The molecule has 2 N–H and O–H groups in total. The minimum atomic E-state index is -0.892. The monoisotopic (exact) mass is 597 g/mol. The molecule has 234 valence electrons. The average molecular weight is 598 g/mol. The van der Waals surface area contributed by atoms with E-state index in [-0.39, 0.29) is 42.4 Å². The Morgan fingerprint density at radius 2 is 1.81 bits per heavy atom. The number of carbonyl (C=O) groups excluding carboxylic acids is 3. The zero-order valence-electron chi connectivity index (χ0n) is 25.5. The summed E-state index contributed by atoms with van der Waals surface area (Å²) in [6, 6.07) is 3.44. The molecule has 2 aliphatic heterocycles. The highest BCUT2D eigenvalue weighted by molar-refractivity contribution is 5.91. The number of hydrogen-bond donors (Lipinski definition) is 2. The van der Waals surface area contributed by atoms with Crippen molar-refractivity contribution in [3.05, 3.63) is 34.1 Å². The average Bonchev–Trinajstić information content (AvgIpc) is 3.41. The topological polar surface area (TPSA) is 136 Å². The summed E-state index contributed by atoms with van der Waals surface area (Å²) in [5.41, 5.74) is 0.876. The molecule has 4 bridgehead atoms. The van der Waals surface area contributed by atoms with Crippen molar-refractivity contribution in [1.82, 2.24) is 15.2 Å². The molecule has 1 saturated heterocycles. The highest BCUT2D eigenvalue weighted by Gasteiger charge is 2.45. The van der Waals surface area contributed by atoms with Gasteiger partial charge in [0.25, 0.3) is 5.56 Å². The van der Waals surface area contributed by atoms with Crippen LogP contribution < -0.4 is 20.3 Å². The summed E-state index contributed by atoms with van der Waals surface area (Å²) in [4.78, 5) is 57.2. The molecule has 5 rings (SSSR count). The maximum Gasteiger partial charge on any atom is 0.407 e. The van der Waals surface area contributed by atoms with Crippen LogP contribution in [0.1, 0.15) is 70.8 Å². The highest BCUT2D eigenvalue weighted by Crippen LogP contribution is 2.35. The van der Waals surface area contributed by atoms with Crippen LogP contribution in [0.15, 0.2) is 23.0 Å². The van der Waals surface area contributed by atoms with E-state index in [0.717, 1.165) is 50.5 Å². The second kappa shape index (κ2) is 12.9. The van der Waals surface area contributed by atoms with Crippen molar-refractivity contribution in [3.8, 4) is 11.5 Å². The van der Waals surface area contributed by atoms with E-state index in [4.69, 9.17) is 18.9 Å². The van der Waals surface area contributed by atoms with Gasteiger partial charge in [-0.25, -0.2) is 9.59 Å². The number of benzene rings is 1. The van der Waals surface area contributed by atoms with Gasteiger partial charge in [0.15, 0.2) is 0 Å². The smallest absolute Gasteiger partial charge is 0.407 e. The number of aromatic nitrogens is 1. The molecule has 0 unspecified atom stereocenters. The Hall–Kier alpha value is -3.76. The number of carbonyl (C=O) groups is 3. The molecule has 1 aromatic carbocycles. The van der Waals surface area contributed by atoms with Crippen molar-refractivity contribution in [2.24, 2.45) is 11.3 Å². The Morgan fingerprint density at radius 3 is 2.53 bits per heavy atom. The fourth-order valence-electron chi connectivity index (χ4n) is 6.73. The molecule has 3 aliphatic rings. The minimum Gasteiger partial charge on any atom is -0.496 e. The molecular formula is C32H43N3O8. The standard InChI is InChI=1S/C32H43N3O8/c1-32(2)12-8-11-20-13-22-23(15-25(20)40-3)33-27(36)16-26(22)43-21-14-24(30(38)41-4)35(17-21)29(37)28(34-31(39)42-18-32)19-9-6-5-7-10-19/h13,15-16,19,21,24,28H,5-12,14,17-18H2,1-4H3,(H,33,36)(H,34,39)/t21-,24-,28-/m0/s1. The van der Waals surface area contributed by atoms with Gasteiger partial charge in [-0.2, -0.15) is 0 Å². The Kier molecular flexibility index (Phi) is 9.17. The molecule has 11 nitrogen and oxygen atoms in total. The SMILES string of the molecule is COC(=O)[C@@H]1C[C@H]2CN1C(=O)[C@H](C1CCCCC1)NC(=O)OCC(C)(C)CCCc1cc3c(cc(=O)[nH]c3cc1OC)O2. The molecule has 2 aromatic rings. The lowest BCUT2D eigenvalue weighted by Crippen LogP contribution is -2.55. The number of fused-ring (bicyclic) bond motifs is 3. The number of ether oxygens (including phenoxy) is 4. The molecule has 2 amide bonds. The van der Waals surface area contributed by atoms with Crippen LogP contribution in [0.4, 0.5) is 4.79 Å². The zero-order valence-corrected chi connectivity index (χ0v) is 25.5. The van der Waals surface area contributed by atoms with Gasteiger partial charge in [0.05, 0.1) is 32.9 Å². The van der Waals surface area contributed by atoms with Crippen molar-refractivity contribution < 1.29 is 33.3 Å². The van der Waals surface area contributed by atoms with E-state index in [1.807, 2.05) is 19.9 Å². The fraction of sp³-hybridized carbons (Fsp3) is 0.625. The first-order valence-corrected chi connectivity index (χ1v) is 15.3. The number of methoxy groups -OCH3 is 2. The lowest BCUT2D eigenvalue weighted by atomic mass is 9.83.